The monoisotopic (exact) mass is 391 g/mol. The van der Waals surface area contributed by atoms with Crippen LogP contribution in [0.3, 0.4) is 0 Å². The van der Waals surface area contributed by atoms with Crippen molar-refractivity contribution in [1.29, 1.82) is 0 Å². The maximum atomic E-state index is 12.5. The first-order chi connectivity index (χ1) is 14.0. The van der Waals surface area contributed by atoms with E-state index in [2.05, 4.69) is 10.3 Å². The van der Waals surface area contributed by atoms with Gasteiger partial charge in [0.25, 0.3) is 0 Å². The van der Waals surface area contributed by atoms with Crippen LogP contribution in [0.5, 0.6) is 11.5 Å². The van der Waals surface area contributed by atoms with Crippen LogP contribution in [0.25, 0.3) is 6.08 Å². The molecule has 0 atom stereocenters. The number of nitro groups is 1. The van der Waals surface area contributed by atoms with Crippen LogP contribution in [0.15, 0.2) is 66.9 Å². The van der Waals surface area contributed by atoms with E-state index >= 15 is 0 Å². The van der Waals surface area contributed by atoms with E-state index < -0.39 is 10.7 Å². The molecule has 0 aliphatic rings. The molecule has 0 saturated heterocycles. The van der Waals surface area contributed by atoms with E-state index in [1.807, 2.05) is 0 Å². The van der Waals surface area contributed by atoms with E-state index in [9.17, 15) is 20.0 Å². The Morgan fingerprint density at radius 2 is 1.97 bits per heavy atom. The molecule has 1 heterocycles. The lowest BCUT2D eigenvalue weighted by Gasteiger charge is -2.08. The third kappa shape index (κ3) is 4.75. The predicted octanol–water partition coefficient (Wildman–Crippen LogP) is 4.34. The molecule has 8 nitrogen and oxygen atoms in total. The van der Waals surface area contributed by atoms with Crippen molar-refractivity contribution in [3.05, 3.63) is 88.1 Å². The van der Waals surface area contributed by atoms with Gasteiger partial charge < -0.3 is 15.2 Å². The number of aromatic hydroxyl groups is 1. The van der Waals surface area contributed by atoms with Gasteiger partial charge in [0, 0.05) is 29.1 Å². The summed E-state index contributed by atoms with van der Waals surface area (Å²) in [5, 5.41) is 23.6. The van der Waals surface area contributed by atoms with Gasteiger partial charge in [0.1, 0.15) is 11.6 Å². The van der Waals surface area contributed by atoms with Crippen molar-refractivity contribution in [3.63, 3.8) is 0 Å². The number of ether oxygens (including phenoxy) is 1. The Morgan fingerprint density at radius 3 is 2.66 bits per heavy atom. The second-order valence-corrected chi connectivity index (χ2v) is 5.95. The quantitative estimate of drug-likeness (QED) is 0.202. The minimum atomic E-state index is -0.597. The van der Waals surface area contributed by atoms with Crippen LogP contribution in [-0.2, 0) is 0 Å². The average molecular weight is 391 g/mol. The number of benzene rings is 2. The summed E-state index contributed by atoms with van der Waals surface area (Å²) in [6, 6.07) is 14.0. The largest absolute Gasteiger partial charge is 0.508 e. The molecule has 3 aromatic rings. The molecule has 0 radical (unpaired) electrons. The Morgan fingerprint density at radius 1 is 1.21 bits per heavy atom. The zero-order valence-corrected chi connectivity index (χ0v) is 15.4. The van der Waals surface area contributed by atoms with Gasteiger partial charge in [-0.05, 0) is 60.7 Å². The number of nitrogens with one attached hydrogen (secondary N) is 1. The number of carbonyl (C=O) groups is 1. The van der Waals surface area contributed by atoms with Gasteiger partial charge in [0.2, 0.25) is 0 Å². The number of pyridine rings is 1. The second kappa shape index (κ2) is 8.66. The second-order valence-electron chi connectivity index (χ2n) is 5.95. The Kier molecular flexibility index (Phi) is 5.84. The van der Waals surface area contributed by atoms with Gasteiger partial charge in [-0.1, -0.05) is 0 Å². The molecular formula is C21H17N3O5. The van der Waals surface area contributed by atoms with Crippen LogP contribution >= 0.6 is 0 Å². The number of hydrogen-bond donors (Lipinski definition) is 2. The lowest BCUT2D eigenvalue weighted by Crippen LogP contribution is -2.00. The molecule has 1 aromatic heterocycles. The van der Waals surface area contributed by atoms with Crippen LogP contribution in [0.2, 0.25) is 0 Å². The maximum absolute atomic E-state index is 12.5. The average Bonchev–Trinajstić information content (AvgIpc) is 2.74. The van der Waals surface area contributed by atoms with Gasteiger partial charge in [-0.3, -0.25) is 14.9 Å². The fraction of sp³-hybridized carbons (Fsp3) is 0.0476. The van der Waals surface area contributed by atoms with Crippen LogP contribution in [0.1, 0.15) is 15.9 Å². The standard InChI is InChI=1S/C21H17N3O5/c1-29-20-11-5-15(13-18(20)24(27)28)19(26)10-4-14-3-2-12-22-21(14)23-16-6-8-17(25)9-7-16/h2-13,25H,1H3,(H,22,23). The lowest BCUT2D eigenvalue weighted by molar-refractivity contribution is -0.385. The van der Waals surface area contributed by atoms with E-state index in [1.54, 1.807) is 48.7 Å². The summed E-state index contributed by atoms with van der Waals surface area (Å²) in [7, 11) is 1.33. The molecule has 0 unspecified atom stereocenters. The Hall–Kier alpha value is -4.20. The molecule has 0 amide bonds. The smallest absolute Gasteiger partial charge is 0.311 e. The van der Waals surface area contributed by atoms with Crippen molar-refractivity contribution < 1.29 is 19.6 Å². The molecule has 3 rings (SSSR count). The SMILES string of the molecule is COc1ccc(C(=O)C=Cc2cccnc2Nc2ccc(O)cc2)cc1[N+](=O)[O-]. The molecule has 0 aliphatic carbocycles. The number of methoxy groups -OCH3 is 1. The molecule has 0 fully saturated rings. The Labute approximate surface area is 166 Å². The van der Waals surface area contributed by atoms with E-state index in [0.717, 1.165) is 0 Å². The Balaban J connectivity index is 1.83. The zero-order valence-electron chi connectivity index (χ0n) is 15.4. The van der Waals surface area contributed by atoms with Crippen molar-refractivity contribution in [3.8, 4) is 11.5 Å². The van der Waals surface area contributed by atoms with Gasteiger partial charge >= 0.3 is 5.69 Å². The third-order valence-electron chi connectivity index (χ3n) is 4.04. The number of ketones is 1. The van der Waals surface area contributed by atoms with Gasteiger partial charge in [-0.25, -0.2) is 4.98 Å². The number of phenols is 1. The van der Waals surface area contributed by atoms with Crippen LogP contribution in [0.4, 0.5) is 17.2 Å². The summed E-state index contributed by atoms with van der Waals surface area (Å²) in [4.78, 5) is 27.3. The number of anilines is 2. The van der Waals surface area contributed by atoms with E-state index in [1.165, 1.54) is 31.4 Å². The van der Waals surface area contributed by atoms with Crippen molar-refractivity contribution in [2.24, 2.45) is 0 Å². The lowest BCUT2D eigenvalue weighted by atomic mass is 10.1. The fourth-order valence-electron chi connectivity index (χ4n) is 2.59. The highest BCUT2D eigenvalue weighted by Gasteiger charge is 2.17. The molecule has 8 heteroatoms. The minimum Gasteiger partial charge on any atom is -0.508 e. The number of rotatable bonds is 7. The highest BCUT2D eigenvalue weighted by molar-refractivity contribution is 6.07. The Bertz CT molecular complexity index is 1080. The summed E-state index contributed by atoms with van der Waals surface area (Å²) in [6.07, 6.45) is 4.51. The number of hydrogen-bond acceptors (Lipinski definition) is 7. The molecule has 2 N–H and O–H groups in total. The number of nitrogens with zero attached hydrogens (tertiary/aromatic N) is 2. The summed E-state index contributed by atoms with van der Waals surface area (Å²) in [6.45, 7) is 0. The first-order valence-corrected chi connectivity index (χ1v) is 8.54. The van der Waals surface area contributed by atoms with Crippen molar-refractivity contribution in [2.75, 3.05) is 12.4 Å². The molecule has 29 heavy (non-hydrogen) atoms. The third-order valence-corrected chi connectivity index (χ3v) is 4.04. The number of aromatic nitrogens is 1. The van der Waals surface area contributed by atoms with Gasteiger partial charge in [0.15, 0.2) is 11.5 Å². The number of carbonyl (C=O) groups excluding carboxylic acids is 1. The number of phenolic OH excluding ortho intramolecular Hbond substituents is 1. The van der Waals surface area contributed by atoms with E-state index in [0.29, 0.717) is 17.1 Å². The molecule has 146 valence electrons. The number of nitro benzene ring substituents is 1. The first kappa shape index (κ1) is 19.6. The minimum absolute atomic E-state index is 0.0863. The van der Waals surface area contributed by atoms with E-state index in [4.69, 9.17) is 4.74 Å². The molecule has 0 spiro atoms. The summed E-state index contributed by atoms with van der Waals surface area (Å²) in [5.74, 6) is 0.359. The van der Waals surface area contributed by atoms with E-state index in [-0.39, 0.29) is 22.7 Å². The summed E-state index contributed by atoms with van der Waals surface area (Å²) >= 11 is 0. The predicted molar refractivity (Wildman–Crippen MR) is 109 cm³/mol. The summed E-state index contributed by atoms with van der Waals surface area (Å²) < 4.78 is 4.95. The van der Waals surface area contributed by atoms with Gasteiger partial charge in [0.05, 0.1) is 12.0 Å². The first-order valence-electron chi connectivity index (χ1n) is 8.54. The maximum Gasteiger partial charge on any atom is 0.311 e. The van der Waals surface area contributed by atoms with Gasteiger partial charge in [-0.15, -0.1) is 0 Å². The van der Waals surface area contributed by atoms with Crippen LogP contribution < -0.4 is 10.1 Å². The van der Waals surface area contributed by atoms with Crippen molar-refractivity contribution in [2.45, 2.75) is 0 Å². The van der Waals surface area contributed by atoms with Crippen molar-refractivity contribution >= 4 is 29.1 Å². The highest BCUT2D eigenvalue weighted by atomic mass is 16.6. The van der Waals surface area contributed by atoms with Crippen LogP contribution in [-0.4, -0.2) is 27.9 Å². The van der Waals surface area contributed by atoms with Crippen molar-refractivity contribution in [1.82, 2.24) is 4.98 Å². The summed E-state index contributed by atoms with van der Waals surface area (Å²) in [5.41, 5.74) is 1.26. The molecular weight excluding hydrogens is 374 g/mol. The highest BCUT2D eigenvalue weighted by Crippen LogP contribution is 2.28. The molecule has 2 aromatic carbocycles. The van der Waals surface area contributed by atoms with Gasteiger partial charge in [-0.2, -0.15) is 0 Å². The normalized spacial score (nSPS) is 10.7. The zero-order chi connectivity index (χ0) is 20.8. The fourth-order valence-corrected chi connectivity index (χ4v) is 2.59. The van der Waals surface area contributed by atoms with Crippen LogP contribution in [0, 0.1) is 10.1 Å². The topological polar surface area (TPSA) is 115 Å². The number of allylic oxidation sites excluding steroid dienone is 1. The molecule has 0 aliphatic heterocycles. The molecule has 0 bridgehead atoms. The molecule has 0 saturated carbocycles.